The van der Waals surface area contributed by atoms with Crippen LogP contribution in [0.25, 0.3) is 0 Å². The molecule has 0 saturated heterocycles. The van der Waals surface area contributed by atoms with Gasteiger partial charge in [-0.25, -0.2) is 4.98 Å². The Kier molecular flexibility index (Phi) is 7.09. The van der Waals surface area contributed by atoms with Gasteiger partial charge in [-0.15, -0.1) is 0 Å². The molecule has 8 nitrogen and oxygen atoms in total. The summed E-state index contributed by atoms with van der Waals surface area (Å²) in [6, 6.07) is 0.897. The summed E-state index contributed by atoms with van der Waals surface area (Å²) in [5.74, 6) is -2.77. The third kappa shape index (κ3) is 4.56. The second-order valence-electron chi connectivity index (χ2n) is 7.34. The Morgan fingerprint density at radius 2 is 1.90 bits per heavy atom. The highest BCUT2D eigenvalue weighted by Gasteiger charge is 2.30. The maximum absolute atomic E-state index is 13.4. The van der Waals surface area contributed by atoms with Crippen molar-refractivity contribution in [1.29, 1.82) is 0 Å². The van der Waals surface area contributed by atoms with Crippen molar-refractivity contribution in [2.24, 2.45) is 7.05 Å². The summed E-state index contributed by atoms with van der Waals surface area (Å²) >= 11 is 0. The highest BCUT2D eigenvalue weighted by atomic mass is 19.1. The van der Waals surface area contributed by atoms with E-state index in [1.165, 1.54) is 30.7 Å². The number of aliphatic hydroxyl groups is 1. The van der Waals surface area contributed by atoms with E-state index in [1.807, 2.05) is 0 Å². The number of amides is 2. The molecule has 0 fully saturated rings. The van der Waals surface area contributed by atoms with E-state index < -0.39 is 35.7 Å². The first-order chi connectivity index (χ1) is 14.0. The minimum Gasteiger partial charge on any atom is -0.391 e. The average Bonchev–Trinajstić information content (AvgIpc) is 2.90. The normalized spacial score (nSPS) is 12.9. The highest BCUT2D eigenvalue weighted by Crippen LogP contribution is 2.23. The van der Waals surface area contributed by atoms with Crippen LogP contribution in [0.1, 0.15) is 57.9 Å². The summed E-state index contributed by atoms with van der Waals surface area (Å²) in [6.45, 7) is 8.10. The number of ketones is 1. The zero-order chi connectivity index (χ0) is 22.7. The number of nitrogens with zero attached hydrogens (tertiary/aromatic N) is 2. The number of aryl methyl sites for hydroxylation is 1. The Labute approximate surface area is 174 Å². The largest absolute Gasteiger partial charge is 0.391 e. The predicted molar refractivity (Wildman–Crippen MR) is 110 cm³/mol. The third-order valence-electron chi connectivity index (χ3n) is 5.19. The van der Waals surface area contributed by atoms with Crippen molar-refractivity contribution in [3.8, 4) is 0 Å². The molecule has 9 heteroatoms. The number of aliphatic hydroxyl groups excluding tert-OH is 1. The van der Waals surface area contributed by atoms with Crippen molar-refractivity contribution in [3.05, 3.63) is 46.3 Å². The second-order valence-corrected chi connectivity index (χ2v) is 7.34. The van der Waals surface area contributed by atoms with Crippen LogP contribution in [0.2, 0.25) is 0 Å². The number of nitrogens with one attached hydrogen (secondary N) is 2. The number of carbonyl (C=O) groups is 3. The smallest absolute Gasteiger partial charge is 0.294 e. The predicted octanol–water partition coefficient (Wildman–Crippen LogP) is 2.20. The Balaban J connectivity index is 2.33. The molecular formula is C21H27FN4O4. The molecule has 0 radical (unpaired) electrons. The number of hydrogen-bond donors (Lipinski definition) is 3. The van der Waals surface area contributed by atoms with Gasteiger partial charge in [0.25, 0.3) is 17.6 Å². The van der Waals surface area contributed by atoms with E-state index in [1.54, 1.807) is 27.8 Å². The molecule has 2 aromatic rings. The van der Waals surface area contributed by atoms with Crippen molar-refractivity contribution < 1.29 is 23.9 Å². The van der Waals surface area contributed by atoms with E-state index in [0.29, 0.717) is 23.4 Å². The van der Waals surface area contributed by atoms with Gasteiger partial charge in [0.1, 0.15) is 0 Å². The van der Waals surface area contributed by atoms with Gasteiger partial charge in [-0.3, -0.25) is 14.4 Å². The number of halogens is 1. The molecule has 0 spiro atoms. The molecule has 2 amide bonds. The lowest BCUT2D eigenvalue weighted by Gasteiger charge is -2.19. The van der Waals surface area contributed by atoms with Crippen LogP contribution in [0.15, 0.2) is 12.3 Å². The number of aromatic nitrogens is 2. The first-order valence-corrected chi connectivity index (χ1v) is 9.62. The molecular weight excluding hydrogens is 391 g/mol. The first kappa shape index (κ1) is 23.2. The molecule has 0 aliphatic carbocycles. The maximum Gasteiger partial charge on any atom is 0.294 e. The van der Waals surface area contributed by atoms with Gasteiger partial charge in [-0.1, -0.05) is 6.92 Å². The summed E-state index contributed by atoms with van der Waals surface area (Å²) in [5.41, 5.74) is 1.78. The molecule has 0 aliphatic heterocycles. The van der Waals surface area contributed by atoms with Crippen LogP contribution in [0, 0.1) is 26.7 Å². The van der Waals surface area contributed by atoms with Crippen molar-refractivity contribution in [3.63, 3.8) is 0 Å². The number of hydrogen-bond acceptors (Lipinski definition) is 5. The van der Waals surface area contributed by atoms with E-state index in [0.717, 1.165) is 0 Å². The van der Waals surface area contributed by atoms with E-state index in [-0.39, 0.29) is 16.8 Å². The summed E-state index contributed by atoms with van der Waals surface area (Å²) in [4.78, 5) is 41.6. The number of pyridine rings is 1. The summed E-state index contributed by atoms with van der Waals surface area (Å²) in [5, 5.41) is 14.9. The lowest BCUT2D eigenvalue weighted by atomic mass is 10.1. The van der Waals surface area contributed by atoms with Gasteiger partial charge in [0.15, 0.2) is 0 Å². The fraction of sp³-hybridized carbons (Fsp3) is 0.429. The maximum atomic E-state index is 13.4. The van der Waals surface area contributed by atoms with Crippen molar-refractivity contribution in [2.45, 2.75) is 53.2 Å². The summed E-state index contributed by atoms with van der Waals surface area (Å²) in [6.07, 6.45) is 0.853. The molecule has 30 heavy (non-hydrogen) atoms. The number of carbonyl (C=O) groups excluding carboxylic acids is 3. The average molecular weight is 418 g/mol. The molecule has 162 valence electrons. The van der Waals surface area contributed by atoms with Crippen molar-refractivity contribution in [2.75, 3.05) is 5.32 Å². The van der Waals surface area contributed by atoms with E-state index in [4.69, 9.17) is 0 Å². The SMILES string of the molecule is CC[C@@H](NC(=O)C(=O)c1c(C)c(C(=O)Nc2cnc(F)c(C)c2)c(C)n1C)[C@@H](C)O. The Morgan fingerprint density at radius 3 is 2.43 bits per heavy atom. The Hall–Kier alpha value is -3.07. The van der Waals surface area contributed by atoms with Crippen molar-refractivity contribution in [1.82, 2.24) is 14.9 Å². The van der Waals surface area contributed by atoms with Crippen LogP contribution in [-0.4, -0.2) is 44.4 Å². The molecule has 0 bridgehead atoms. The number of rotatable bonds is 7. The van der Waals surface area contributed by atoms with Crippen molar-refractivity contribution >= 4 is 23.3 Å². The van der Waals surface area contributed by atoms with Crippen LogP contribution in [0.5, 0.6) is 0 Å². The Bertz CT molecular complexity index is 997. The first-order valence-electron chi connectivity index (χ1n) is 9.62. The molecule has 2 heterocycles. The number of anilines is 1. The molecule has 2 aromatic heterocycles. The minimum atomic E-state index is -0.850. The molecule has 2 rings (SSSR count). The van der Waals surface area contributed by atoms with E-state index in [2.05, 4.69) is 15.6 Å². The Morgan fingerprint density at radius 1 is 1.27 bits per heavy atom. The van der Waals surface area contributed by atoms with Gasteiger partial charge in [-0.2, -0.15) is 4.39 Å². The van der Waals surface area contributed by atoms with Crippen LogP contribution in [0.3, 0.4) is 0 Å². The fourth-order valence-corrected chi connectivity index (χ4v) is 3.36. The van der Waals surface area contributed by atoms with Gasteiger partial charge in [0.2, 0.25) is 5.95 Å². The zero-order valence-corrected chi connectivity index (χ0v) is 18.0. The van der Waals surface area contributed by atoms with Gasteiger partial charge >= 0.3 is 0 Å². The summed E-state index contributed by atoms with van der Waals surface area (Å²) < 4.78 is 14.8. The van der Waals surface area contributed by atoms with Crippen LogP contribution < -0.4 is 10.6 Å². The zero-order valence-electron chi connectivity index (χ0n) is 18.0. The number of Topliss-reactive ketones (excluding diaryl/α,β-unsaturated/α-hetero) is 1. The molecule has 0 aromatic carbocycles. The topological polar surface area (TPSA) is 113 Å². The second kappa shape index (κ2) is 9.17. The van der Waals surface area contributed by atoms with Gasteiger partial charge in [0, 0.05) is 18.3 Å². The lowest BCUT2D eigenvalue weighted by Crippen LogP contribution is -2.45. The lowest BCUT2D eigenvalue weighted by molar-refractivity contribution is -0.118. The quantitative estimate of drug-likeness (QED) is 0.362. The monoisotopic (exact) mass is 418 g/mol. The molecule has 0 unspecified atom stereocenters. The standard InChI is InChI=1S/C21H27FN4O4/c1-7-15(13(5)27)25-21(30)18(28)17-11(3)16(12(4)26(17)6)20(29)24-14-8-10(2)19(22)23-9-14/h8-9,13,15,27H,7H2,1-6H3,(H,24,29)(H,25,30)/t13-,15-/m1/s1. The van der Waals surface area contributed by atoms with Gasteiger partial charge in [-0.05, 0) is 45.7 Å². The summed E-state index contributed by atoms with van der Waals surface area (Å²) in [7, 11) is 1.59. The van der Waals surface area contributed by atoms with Gasteiger partial charge < -0.3 is 20.3 Å². The molecule has 2 atom stereocenters. The van der Waals surface area contributed by atoms with E-state index in [9.17, 15) is 23.9 Å². The fourth-order valence-electron chi connectivity index (χ4n) is 3.36. The highest BCUT2D eigenvalue weighted by molar-refractivity contribution is 6.43. The molecule has 3 N–H and O–H groups in total. The van der Waals surface area contributed by atoms with Crippen LogP contribution in [-0.2, 0) is 11.8 Å². The third-order valence-corrected chi connectivity index (χ3v) is 5.19. The van der Waals surface area contributed by atoms with Crippen LogP contribution in [0.4, 0.5) is 10.1 Å². The minimum absolute atomic E-state index is 0.0870. The molecule has 0 saturated carbocycles. The van der Waals surface area contributed by atoms with Crippen LogP contribution >= 0.6 is 0 Å². The van der Waals surface area contributed by atoms with Gasteiger partial charge in [0.05, 0.1) is 35.3 Å². The van der Waals surface area contributed by atoms with E-state index >= 15 is 0 Å². The molecule has 0 aliphatic rings.